The van der Waals surface area contributed by atoms with Crippen LogP contribution in [0.25, 0.3) is 10.8 Å². The van der Waals surface area contributed by atoms with Crippen molar-refractivity contribution >= 4 is 38.6 Å². The molecule has 0 aromatic heterocycles. The van der Waals surface area contributed by atoms with Gasteiger partial charge < -0.3 is 9.47 Å². The number of rotatable bonds is 11. The molecule has 0 fully saturated rings. The number of para-hydroxylation sites is 2. The van der Waals surface area contributed by atoms with Crippen LogP contribution in [-0.2, 0) is 21.4 Å². The first-order chi connectivity index (χ1) is 20.8. The molecule has 0 heterocycles. The van der Waals surface area contributed by atoms with Gasteiger partial charge >= 0.3 is 0 Å². The molecule has 0 radical (unpaired) electrons. The smallest absolute Gasteiger partial charge is 0.264 e. The van der Waals surface area contributed by atoms with Crippen molar-refractivity contribution in [1.82, 2.24) is 5.43 Å². The fraction of sp³-hybridized carbons (Fsp3) is 0.118. The van der Waals surface area contributed by atoms with E-state index in [1.165, 1.54) is 25.5 Å². The van der Waals surface area contributed by atoms with Gasteiger partial charge in [-0.25, -0.2) is 13.8 Å². The molecule has 5 rings (SSSR count). The summed E-state index contributed by atoms with van der Waals surface area (Å²) in [5.41, 5.74) is 5.41. The SMILES string of the molecule is COc1ccccc1N(CC(=O)N/N=C\c1ccc(OCc2cccc3ccccc23)cc1)S(=O)(=O)c1ccc(C)cc1. The maximum Gasteiger partial charge on any atom is 0.264 e. The van der Waals surface area contributed by atoms with Crippen LogP contribution in [0, 0.1) is 6.92 Å². The molecule has 0 aliphatic carbocycles. The Morgan fingerprint density at radius 1 is 0.860 bits per heavy atom. The molecule has 5 aromatic rings. The number of amides is 1. The summed E-state index contributed by atoms with van der Waals surface area (Å²) in [4.78, 5) is 13.0. The van der Waals surface area contributed by atoms with Gasteiger partial charge in [0.2, 0.25) is 0 Å². The highest BCUT2D eigenvalue weighted by molar-refractivity contribution is 7.92. The van der Waals surface area contributed by atoms with E-state index in [4.69, 9.17) is 9.47 Å². The molecule has 43 heavy (non-hydrogen) atoms. The third kappa shape index (κ3) is 7.02. The first-order valence-electron chi connectivity index (χ1n) is 13.6. The topological polar surface area (TPSA) is 97.3 Å². The maximum absolute atomic E-state index is 13.6. The first-order valence-corrected chi connectivity index (χ1v) is 15.0. The predicted octanol–water partition coefficient (Wildman–Crippen LogP) is 6.08. The molecular formula is C34H31N3O5S. The van der Waals surface area contributed by atoms with Crippen molar-refractivity contribution < 1.29 is 22.7 Å². The average molecular weight is 594 g/mol. The zero-order chi connectivity index (χ0) is 30.2. The average Bonchev–Trinajstić information content (AvgIpc) is 3.03. The Balaban J connectivity index is 1.24. The Bertz CT molecular complexity index is 1850. The number of nitrogens with one attached hydrogen (secondary N) is 1. The number of sulfonamides is 1. The molecule has 0 saturated heterocycles. The molecule has 218 valence electrons. The Morgan fingerprint density at radius 3 is 2.33 bits per heavy atom. The van der Waals surface area contributed by atoms with Crippen molar-refractivity contribution in [3.05, 3.63) is 132 Å². The number of hydrogen-bond donors (Lipinski definition) is 1. The minimum absolute atomic E-state index is 0.0584. The van der Waals surface area contributed by atoms with E-state index in [0.29, 0.717) is 18.1 Å². The molecule has 1 amide bonds. The molecule has 0 aliphatic heterocycles. The highest BCUT2D eigenvalue weighted by Crippen LogP contribution is 2.32. The maximum atomic E-state index is 13.6. The van der Waals surface area contributed by atoms with Crippen molar-refractivity contribution in [2.45, 2.75) is 18.4 Å². The quantitative estimate of drug-likeness (QED) is 0.148. The highest BCUT2D eigenvalue weighted by Gasteiger charge is 2.29. The molecule has 0 bridgehead atoms. The van der Waals surface area contributed by atoms with Gasteiger partial charge in [0, 0.05) is 0 Å². The fourth-order valence-electron chi connectivity index (χ4n) is 4.55. The van der Waals surface area contributed by atoms with E-state index < -0.39 is 22.5 Å². The molecule has 8 nitrogen and oxygen atoms in total. The van der Waals surface area contributed by atoms with E-state index in [1.54, 1.807) is 36.4 Å². The first kappa shape index (κ1) is 29.3. The molecule has 0 saturated carbocycles. The minimum Gasteiger partial charge on any atom is -0.495 e. The molecule has 0 spiro atoms. The van der Waals surface area contributed by atoms with Crippen LogP contribution in [0.1, 0.15) is 16.7 Å². The number of hydrazone groups is 1. The minimum atomic E-state index is -4.09. The van der Waals surface area contributed by atoms with Crippen LogP contribution >= 0.6 is 0 Å². The number of nitrogens with zero attached hydrogens (tertiary/aromatic N) is 2. The lowest BCUT2D eigenvalue weighted by Gasteiger charge is -2.25. The monoisotopic (exact) mass is 593 g/mol. The third-order valence-electron chi connectivity index (χ3n) is 6.81. The van der Waals surface area contributed by atoms with Gasteiger partial charge in [0.1, 0.15) is 24.7 Å². The normalized spacial score (nSPS) is 11.4. The second-order valence-electron chi connectivity index (χ2n) is 9.79. The molecule has 1 N–H and O–H groups in total. The Labute approximate surface area is 251 Å². The van der Waals surface area contributed by atoms with Crippen LogP contribution in [0.2, 0.25) is 0 Å². The van der Waals surface area contributed by atoms with Gasteiger partial charge in [0.25, 0.3) is 15.9 Å². The van der Waals surface area contributed by atoms with E-state index in [-0.39, 0.29) is 10.6 Å². The van der Waals surface area contributed by atoms with Crippen LogP contribution in [0.4, 0.5) is 5.69 Å². The zero-order valence-corrected chi connectivity index (χ0v) is 24.6. The van der Waals surface area contributed by atoms with E-state index in [0.717, 1.165) is 31.8 Å². The summed E-state index contributed by atoms with van der Waals surface area (Å²) in [5, 5.41) is 6.35. The number of aryl methyl sites for hydroxylation is 1. The standard InChI is InChI=1S/C34H31N3O5S/c1-25-14-20-30(21-15-25)43(39,40)37(32-12-5-6-13-33(32)41-2)23-34(38)36-35-22-26-16-18-29(19-17-26)42-24-28-10-7-9-27-8-3-4-11-31(27)28/h3-22H,23-24H2,1-2H3,(H,36,38)/b35-22-. The number of carbonyl (C=O) groups excluding carboxylic acids is 1. The summed E-state index contributed by atoms with van der Waals surface area (Å²) in [6.07, 6.45) is 1.48. The van der Waals surface area contributed by atoms with Crippen molar-refractivity contribution in [3.63, 3.8) is 0 Å². The van der Waals surface area contributed by atoms with Gasteiger partial charge in [-0.1, -0.05) is 72.3 Å². The van der Waals surface area contributed by atoms with E-state index in [2.05, 4.69) is 28.7 Å². The third-order valence-corrected chi connectivity index (χ3v) is 8.58. The summed E-state index contributed by atoms with van der Waals surface area (Å²) in [5.74, 6) is 0.396. The zero-order valence-electron chi connectivity index (χ0n) is 23.8. The van der Waals surface area contributed by atoms with Gasteiger partial charge in [-0.05, 0) is 77.4 Å². The van der Waals surface area contributed by atoms with E-state index in [9.17, 15) is 13.2 Å². The number of methoxy groups -OCH3 is 1. The lowest BCUT2D eigenvalue weighted by atomic mass is 10.1. The van der Waals surface area contributed by atoms with Crippen molar-refractivity contribution in [3.8, 4) is 11.5 Å². The Hall–Kier alpha value is -5.15. The number of hydrogen-bond acceptors (Lipinski definition) is 6. The van der Waals surface area contributed by atoms with E-state index in [1.807, 2.05) is 55.5 Å². The molecule has 0 unspecified atom stereocenters. The second kappa shape index (κ2) is 13.2. The van der Waals surface area contributed by atoms with Gasteiger partial charge in [-0.3, -0.25) is 9.10 Å². The molecular weight excluding hydrogens is 562 g/mol. The second-order valence-corrected chi connectivity index (χ2v) is 11.6. The predicted molar refractivity (Wildman–Crippen MR) is 169 cm³/mol. The van der Waals surface area contributed by atoms with Crippen molar-refractivity contribution in [2.75, 3.05) is 18.0 Å². The summed E-state index contributed by atoms with van der Waals surface area (Å²) in [6, 6.07) is 34.7. The Kier molecular flexibility index (Phi) is 9.02. The van der Waals surface area contributed by atoms with Crippen LogP contribution in [0.15, 0.2) is 125 Å². The largest absolute Gasteiger partial charge is 0.495 e. The summed E-state index contributed by atoms with van der Waals surface area (Å²) in [6.45, 7) is 1.79. The summed E-state index contributed by atoms with van der Waals surface area (Å²) < 4.78 is 39.6. The van der Waals surface area contributed by atoms with Gasteiger partial charge in [-0.2, -0.15) is 5.10 Å². The molecule has 9 heteroatoms. The fourth-order valence-corrected chi connectivity index (χ4v) is 5.98. The van der Waals surface area contributed by atoms with Crippen molar-refractivity contribution in [1.29, 1.82) is 0 Å². The Morgan fingerprint density at radius 2 is 1.56 bits per heavy atom. The van der Waals surface area contributed by atoms with Gasteiger partial charge in [0.15, 0.2) is 0 Å². The molecule has 0 aliphatic rings. The number of carbonyl (C=O) groups is 1. The van der Waals surface area contributed by atoms with Crippen molar-refractivity contribution in [2.24, 2.45) is 5.10 Å². The lowest BCUT2D eigenvalue weighted by molar-refractivity contribution is -0.119. The summed E-state index contributed by atoms with van der Waals surface area (Å²) in [7, 11) is -2.65. The number of fused-ring (bicyclic) bond motifs is 1. The lowest BCUT2D eigenvalue weighted by Crippen LogP contribution is -2.39. The summed E-state index contributed by atoms with van der Waals surface area (Å²) >= 11 is 0. The van der Waals surface area contributed by atoms with Gasteiger partial charge in [0.05, 0.1) is 23.9 Å². The van der Waals surface area contributed by atoms with Crippen LogP contribution in [0.5, 0.6) is 11.5 Å². The van der Waals surface area contributed by atoms with Crippen LogP contribution in [-0.4, -0.2) is 34.2 Å². The highest BCUT2D eigenvalue weighted by atomic mass is 32.2. The van der Waals surface area contributed by atoms with Gasteiger partial charge in [-0.15, -0.1) is 0 Å². The number of ether oxygens (including phenoxy) is 2. The van der Waals surface area contributed by atoms with E-state index >= 15 is 0 Å². The molecule has 0 atom stereocenters. The van der Waals surface area contributed by atoms with Crippen LogP contribution < -0.4 is 19.2 Å². The van der Waals surface area contributed by atoms with Crippen LogP contribution in [0.3, 0.4) is 0 Å². The number of benzene rings is 5. The molecule has 5 aromatic carbocycles. The number of anilines is 1.